The highest BCUT2D eigenvalue weighted by Gasteiger charge is 2.34. The first-order valence-corrected chi connectivity index (χ1v) is 16.5. The number of amides is 2. The van der Waals surface area contributed by atoms with E-state index in [9.17, 15) is 22.4 Å². The fraction of sp³-hybridized carbons (Fsp3) is 0.235. The van der Waals surface area contributed by atoms with Gasteiger partial charge in [0.05, 0.1) is 10.6 Å². The summed E-state index contributed by atoms with van der Waals surface area (Å²) in [7, 11) is -4.19. The van der Waals surface area contributed by atoms with Gasteiger partial charge in [0, 0.05) is 24.0 Å². The average molecular weight is 681 g/mol. The second-order valence-electron chi connectivity index (χ2n) is 10.8. The van der Waals surface area contributed by atoms with Crippen LogP contribution in [0.4, 0.5) is 10.1 Å². The normalized spacial score (nSPS) is 12.0. The molecule has 1 atom stereocenters. The second kappa shape index (κ2) is 15.1. The molecule has 2 amide bonds. The predicted octanol–water partition coefficient (Wildman–Crippen LogP) is 6.20. The molecule has 0 aromatic heterocycles. The van der Waals surface area contributed by atoms with Gasteiger partial charge in [-0.15, -0.1) is 0 Å². The van der Waals surface area contributed by atoms with E-state index in [1.165, 1.54) is 29.2 Å². The number of nitrogens with one attached hydrogen (secondary N) is 1. The van der Waals surface area contributed by atoms with Gasteiger partial charge in [-0.05, 0) is 59.5 Å². The standard InChI is InChI=1S/C34H35BrFN3O4S/c1-25(2)22-37-34(41)32(20-26-10-5-3-6-11-26)38(23-27-16-18-29(36)19-17-27)33(40)24-39(30-13-9-12-28(35)21-30)44(42,43)31-14-7-4-8-15-31/h3-19,21,25,32H,20,22-24H2,1-2H3,(H,37,41). The molecule has 44 heavy (non-hydrogen) atoms. The number of hydrogen-bond acceptors (Lipinski definition) is 4. The first-order valence-electron chi connectivity index (χ1n) is 14.2. The van der Waals surface area contributed by atoms with Gasteiger partial charge in [0.25, 0.3) is 10.0 Å². The Balaban J connectivity index is 1.79. The van der Waals surface area contributed by atoms with Crippen molar-refractivity contribution in [3.63, 3.8) is 0 Å². The van der Waals surface area contributed by atoms with Crippen LogP contribution in [0.1, 0.15) is 25.0 Å². The molecule has 1 N–H and O–H groups in total. The summed E-state index contributed by atoms with van der Waals surface area (Å²) < 4.78 is 43.5. The lowest BCUT2D eigenvalue weighted by Gasteiger charge is -2.34. The zero-order valence-electron chi connectivity index (χ0n) is 24.6. The van der Waals surface area contributed by atoms with Gasteiger partial charge in [0.15, 0.2) is 0 Å². The summed E-state index contributed by atoms with van der Waals surface area (Å²) in [5.41, 5.74) is 1.70. The molecule has 0 saturated heterocycles. The Hall–Kier alpha value is -4.02. The van der Waals surface area contributed by atoms with E-state index < -0.39 is 34.3 Å². The largest absolute Gasteiger partial charge is 0.354 e. The minimum atomic E-state index is -4.19. The van der Waals surface area contributed by atoms with E-state index in [4.69, 9.17) is 0 Å². The lowest BCUT2D eigenvalue weighted by molar-refractivity contribution is -0.140. The molecule has 230 valence electrons. The second-order valence-corrected chi connectivity index (χ2v) is 13.6. The number of nitrogens with zero attached hydrogens (tertiary/aromatic N) is 2. The van der Waals surface area contributed by atoms with Crippen LogP contribution in [0.15, 0.2) is 119 Å². The third-order valence-corrected chi connectivity index (χ3v) is 9.21. The Morgan fingerprint density at radius 2 is 1.48 bits per heavy atom. The highest BCUT2D eigenvalue weighted by Crippen LogP contribution is 2.27. The Morgan fingerprint density at radius 1 is 0.841 bits per heavy atom. The first kappa shape index (κ1) is 32.9. The maximum Gasteiger partial charge on any atom is 0.264 e. The number of carbonyl (C=O) groups is 2. The third kappa shape index (κ3) is 8.76. The Kier molecular flexibility index (Phi) is 11.3. The monoisotopic (exact) mass is 679 g/mol. The van der Waals surface area contributed by atoms with E-state index in [1.807, 2.05) is 44.2 Å². The van der Waals surface area contributed by atoms with Gasteiger partial charge >= 0.3 is 0 Å². The van der Waals surface area contributed by atoms with Crippen molar-refractivity contribution >= 4 is 43.5 Å². The van der Waals surface area contributed by atoms with Crippen LogP contribution < -0.4 is 9.62 Å². The summed E-state index contributed by atoms with van der Waals surface area (Å²) in [6, 6.07) is 28.6. The number of anilines is 1. The van der Waals surface area contributed by atoms with Crippen LogP contribution in [0.5, 0.6) is 0 Å². The molecule has 0 aliphatic carbocycles. The predicted molar refractivity (Wildman–Crippen MR) is 174 cm³/mol. The van der Waals surface area contributed by atoms with Gasteiger partial charge in [-0.1, -0.05) is 96.5 Å². The van der Waals surface area contributed by atoms with E-state index in [0.717, 1.165) is 9.87 Å². The third-order valence-electron chi connectivity index (χ3n) is 6.93. The summed E-state index contributed by atoms with van der Waals surface area (Å²) in [5, 5.41) is 2.95. The average Bonchev–Trinajstić information content (AvgIpc) is 3.02. The maximum absolute atomic E-state index is 14.4. The molecular weight excluding hydrogens is 645 g/mol. The number of rotatable bonds is 13. The molecule has 1 unspecified atom stereocenters. The topological polar surface area (TPSA) is 86.8 Å². The molecule has 0 radical (unpaired) electrons. The molecule has 4 aromatic carbocycles. The summed E-state index contributed by atoms with van der Waals surface area (Å²) in [5.74, 6) is -1.22. The van der Waals surface area contributed by atoms with Crippen molar-refractivity contribution < 1.29 is 22.4 Å². The van der Waals surface area contributed by atoms with E-state index in [1.54, 1.807) is 54.6 Å². The smallest absolute Gasteiger partial charge is 0.264 e. The maximum atomic E-state index is 14.4. The molecule has 10 heteroatoms. The van der Waals surface area contributed by atoms with Gasteiger partial charge in [0.2, 0.25) is 11.8 Å². The Labute approximate surface area is 266 Å². The fourth-order valence-corrected chi connectivity index (χ4v) is 6.46. The van der Waals surface area contributed by atoms with Crippen molar-refractivity contribution in [2.24, 2.45) is 5.92 Å². The van der Waals surface area contributed by atoms with Crippen molar-refractivity contribution in [1.82, 2.24) is 10.2 Å². The van der Waals surface area contributed by atoms with Crippen LogP contribution in [0, 0.1) is 11.7 Å². The van der Waals surface area contributed by atoms with Crippen molar-refractivity contribution in [3.05, 3.63) is 131 Å². The van der Waals surface area contributed by atoms with E-state index in [0.29, 0.717) is 16.6 Å². The summed E-state index contributed by atoms with van der Waals surface area (Å²) in [6.45, 7) is 3.73. The SMILES string of the molecule is CC(C)CNC(=O)C(Cc1ccccc1)N(Cc1ccc(F)cc1)C(=O)CN(c1cccc(Br)c1)S(=O)(=O)c1ccccc1. The minimum absolute atomic E-state index is 0.0216. The molecule has 0 aliphatic heterocycles. The highest BCUT2D eigenvalue weighted by molar-refractivity contribution is 9.10. The van der Waals surface area contributed by atoms with Gasteiger partial charge in [0.1, 0.15) is 18.4 Å². The van der Waals surface area contributed by atoms with Crippen LogP contribution >= 0.6 is 15.9 Å². The summed E-state index contributed by atoms with van der Waals surface area (Å²) >= 11 is 3.41. The molecule has 0 saturated carbocycles. The molecule has 0 heterocycles. The minimum Gasteiger partial charge on any atom is -0.354 e. The lowest BCUT2D eigenvalue weighted by atomic mass is 10.0. The highest BCUT2D eigenvalue weighted by atomic mass is 79.9. The molecule has 0 spiro atoms. The van der Waals surface area contributed by atoms with Crippen molar-refractivity contribution in [2.75, 3.05) is 17.4 Å². The molecule has 4 rings (SSSR count). The molecule has 4 aromatic rings. The summed E-state index contributed by atoms with van der Waals surface area (Å²) in [4.78, 5) is 29.6. The number of benzene rings is 4. The fourth-order valence-electron chi connectivity index (χ4n) is 4.64. The van der Waals surface area contributed by atoms with E-state index in [2.05, 4.69) is 21.2 Å². The number of carbonyl (C=O) groups excluding carboxylic acids is 2. The van der Waals surface area contributed by atoms with Crippen LogP contribution in [-0.4, -0.2) is 44.3 Å². The Morgan fingerprint density at radius 3 is 2.09 bits per heavy atom. The molecule has 0 aliphatic rings. The van der Waals surface area contributed by atoms with Gasteiger partial charge < -0.3 is 10.2 Å². The molecular formula is C34H35BrFN3O4S. The van der Waals surface area contributed by atoms with Crippen molar-refractivity contribution in [3.8, 4) is 0 Å². The number of sulfonamides is 1. The van der Waals surface area contributed by atoms with Gasteiger partial charge in [-0.3, -0.25) is 13.9 Å². The van der Waals surface area contributed by atoms with E-state index in [-0.39, 0.29) is 35.4 Å². The lowest BCUT2D eigenvalue weighted by Crippen LogP contribution is -2.53. The van der Waals surface area contributed by atoms with Gasteiger partial charge in [-0.2, -0.15) is 0 Å². The van der Waals surface area contributed by atoms with Crippen LogP contribution in [0.2, 0.25) is 0 Å². The number of hydrogen-bond donors (Lipinski definition) is 1. The molecule has 0 fully saturated rings. The molecule has 7 nitrogen and oxygen atoms in total. The van der Waals surface area contributed by atoms with Crippen molar-refractivity contribution in [1.29, 1.82) is 0 Å². The van der Waals surface area contributed by atoms with Crippen molar-refractivity contribution in [2.45, 2.75) is 37.8 Å². The van der Waals surface area contributed by atoms with E-state index >= 15 is 0 Å². The quantitative estimate of drug-likeness (QED) is 0.182. The van der Waals surface area contributed by atoms with Crippen LogP contribution in [0.25, 0.3) is 0 Å². The van der Waals surface area contributed by atoms with Crippen LogP contribution in [-0.2, 0) is 32.6 Å². The zero-order valence-corrected chi connectivity index (χ0v) is 27.0. The van der Waals surface area contributed by atoms with Crippen LogP contribution in [0.3, 0.4) is 0 Å². The zero-order chi connectivity index (χ0) is 31.7. The number of halogens is 2. The Bertz CT molecular complexity index is 1650. The summed E-state index contributed by atoms with van der Waals surface area (Å²) in [6.07, 6.45) is 0.194. The van der Waals surface area contributed by atoms with Gasteiger partial charge in [-0.25, -0.2) is 12.8 Å². The first-order chi connectivity index (χ1) is 21.0. The molecule has 0 bridgehead atoms.